The van der Waals surface area contributed by atoms with Crippen LogP contribution in [-0.2, 0) is 0 Å². The number of benzene rings is 1. The van der Waals surface area contributed by atoms with E-state index >= 15 is 0 Å². The molecule has 1 heterocycles. The van der Waals surface area contributed by atoms with Gasteiger partial charge in [-0.15, -0.1) is 0 Å². The van der Waals surface area contributed by atoms with Crippen LogP contribution in [0.2, 0.25) is 0 Å². The standard InChI is InChI=1S/C13H17N3O/c1-8(2)9(3)14-13-15-11-7-5-4-6-10(11)12(17)16-13/h4-9H,1-3H3,(H2,14,15,16,17). The Kier molecular flexibility index (Phi) is 3.13. The third kappa shape index (κ3) is 2.46. The first-order valence-electron chi connectivity index (χ1n) is 5.83. The average Bonchev–Trinajstić information content (AvgIpc) is 2.29. The van der Waals surface area contributed by atoms with Crippen LogP contribution in [0, 0.1) is 5.92 Å². The number of fused-ring (bicyclic) bond motifs is 1. The Hall–Kier alpha value is -1.84. The van der Waals surface area contributed by atoms with E-state index in [1.165, 1.54) is 0 Å². The van der Waals surface area contributed by atoms with Crippen molar-refractivity contribution in [1.29, 1.82) is 0 Å². The summed E-state index contributed by atoms with van der Waals surface area (Å²) in [6.45, 7) is 6.31. The van der Waals surface area contributed by atoms with Crippen LogP contribution >= 0.6 is 0 Å². The van der Waals surface area contributed by atoms with Crippen LogP contribution in [0.15, 0.2) is 29.1 Å². The van der Waals surface area contributed by atoms with Gasteiger partial charge in [0.2, 0.25) is 5.95 Å². The van der Waals surface area contributed by atoms with E-state index in [1.54, 1.807) is 6.07 Å². The van der Waals surface area contributed by atoms with Crippen molar-refractivity contribution in [2.24, 2.45) is 5.92 Å². The molecular formula is C13H17N3O. The number of nitrogens with one attached hydrogen (secondary N) is 2. The Balaban J connectivity index is 2.40. The van der Waals surface area contributed by atoms with Crippen LogP contribution in [0.5, 0.6) is 0 Å². The molecule has 2 N–H and O–H groups in total. The fourth-order valence-corrected chi connectivity index (χ4v) is 1.54. The van der Waals surface area contributed by atoms with Crippen LogP contribution in [0.1, 0.15) is 20.8 Å². The van der Waals surface area contributed by atoms with Gasteiger partial charge in [-0.05, 0) is 25.0 Å². The summed E-state index contributed by atoms with van der Waals surface area (Å²) >= 11 is 0. The van der Waals surface area contributed by atoms with Crippen molar-refractivity contribution in [1.82, 2.24) is 9.97 Å². The van der Waals surface area contributed by atoms with Crippen molar-refractivity contribution in [2.75, 3.05) is 5.32 Å². The second kappa shape index (κ2) is 4.57. The maximum atomic E-state index is 11.8. The Labute approximate surface area is 100 Å². The molecule has 0 aliphatic heterocycles. The third-order valence-corrected chi connectivity index (χ3v) is 2.98. The minimum absolute atomic E-state index is 0.103. The average molecular weight is 231 g/mol. The van der Waals surface area contributed by atoms with Crippen LogP contribution in [0.3, 0.4) is 0 Å². The predicted molar refractivity (Wildman–Crippen MR) is 70.3 cm³/mol. The molecule has 1 aromatic heterocycles. The minimum atomic E-state index is -0.103. The summed E-state index contributed by atoms with van der Waals surface area (Å²) in [5, 5.41) is 3.83. The first kappa shape index (κ1) is 11.6. The van der Waals surface area contributed by atoms with Crippen molar-refractivity contribution in [3.63, 3.8) is 0 Å². The molecule has 0 fully saturated rings. The molecule has 1 aromatic carbocycles. The first-order valence-corrected chi connectivity index (χ1v) is 5.83. The molecule has 90 valence electrons. The van der Waals surface area contributed by atoms with Gasteiger partial charge in [0, 0.05) is 6.04 Å². The predicted octanol–water partition coefficient (Wildman–Crippen LogP) is 2.38. The summed E-state index contributed by atoms with van der Waals surface area (Å²) in [5.41, 5.74) is 0.615. The zero-order valence-electron chi connectivity index (χ0n) is 10.3. The SMILES string of the molecule is CC(C)C(C)Nc1nc2ccccc2c(=O)[nH]1. The number of hydrogen-bond donors (Lipinski definition) is 2. The molecule has 17 heavy (non-hydrogen) atoms. The first-order chi connectivity index (χ1) is 8.08. The summed E-state index contributed by atoms with van der Waals surface area (Å²) in [7, 11) is 0. The Morgan fingerprint density at radius 1 is 1.24 bits per heavy atom. The lowest BCUT2D eigenvalue weighted by atomic mass is 10.1. The number of anilines is 1. The molecule has 0 aliphatic carbocycles. The normalized spacial score (nSPS) is 12.9. The summed E-state index contributed by atoms with van der Waals surface area (Å²) in [5.74, 6) is 1.02. The number of aromatic nitrogens is 2. The highest BCUT2D eigenvalue weighted by molar-refractivity contribution is 5.78. The molecule has 0 radical (unpaired) electrons. The van der Waals surface area contributed by atoms with Crippen molar-refractivity contribution >= 4 is 16.9 Å². The highest BCUT2D eigenvalue weighted by Gasteiger charge is 2.09. The van der Waals surface area contributed by atoms with E-state index in [1.807, 2.05) is 18.2 Å². The highest BCUT2D eigenvalue weighted by Crippen LogP contribution is 2.10. The fourth-order valence-electron chi connectivity index (χ4n) is 1.54. The minimum Gasteiger partial charge on any atom is -0.353 e. The smallest absolute Gasteiger partial charge is 0.260 e. The lowest BCUT2D eigenvalue weighted by Gasteiger charge is -2.17. The van der Waals surface area contributed by atoms with Gasteiger partial charge in [-0.2, -0.15) is 0 Å². The monoisotopic (exact) mass is 231 g/mol. The zero-order valence-corrected chi connectivity index (χ0v) is 10.3. The van der Waals surface area contributed by atoms with E-state index in [9.17, 15) is 4.79 Å². The Morgan fingerprint density at radius 3 is 2.65 bits per heavy atom. The molecule has 0 bridgehead atoms. The van der Waals surface area contributed by atoms with Crippen LogP contribution in [-0.4, -0.2) is 16.0 Å². The highest BCUT2D eigenvalue weighted by atomic mass is 16.1. The molecule has 1 atom stereocenters. The molecule has 1 unspecified atom stereocenters. The lowest BCUT2D eigenvalue weighted by molar-refractivity contribution is 0.556. The molecule has 0 spiro atoms. The van der Waals surface area contributed by atoms with E-state index in [2.05, 4.69) is 36.1 Å². The number of H-pyrrole nitrogens is 1. The number of nitrogens with zero attached hydrogens (tertiary/aromatic N) is 1. The fraction of sp³-hybridized carbons (Fsp3) is 0.385. The second-order valence-electron chi connectivity index (χ2n) is 4.61. The molecule has 0 aliphatic rings. The molecule has 0 amide bonds. The number of aromatic amines is 1. The van der Waals surface area contributed by atoms with Gasteiger partial charge in [0.15, 0.2) is 0 Å². The van der Waals surface area contributed by atoms with Gasteiger partial charge >= 0.3 is 0 Å². The van der Waals surface area contributed by atoms with Gasteiger partial charge in [0.05, 0.1) is 10.9 Å². The van der Waals surface area contributed by atoms with E-state index in [4.69, 9.17) is 0 Å². The van der Waals surface area contributed by atoms with Gasteiger partial charge in [-0.1, -0.05) is 26.0 Å². The zero-order chi connectivity index (χ0) is 12.4. The maximum Gasteiger partial charge on any atom is 0.260 e. The quantitative estimate of drug-likeness (QED) is 0.852. The number of hydrogen-bond acceptors (Lipinski definition) is 3. The molecule has 2 aromatic rings. The van der Waals surface area contributed by atoms with E-state index in [0.29, 0.717) is 17.3 Å². The van der Waals surface area contributed by atoms with Crippen molar-refractivity contribution < 1.29 is 0 Å². The van der Waals surface area contributed by atoms with Crippen LogP contribution in [0.25, 0.3) is 10.9 Å². The maximum absolute atomic E-state index is 11.8. The number of para-hydroxylation sites is 1. The van der Waals surface area contributed by atoms with Crippen molar-refractivity contribution in [2.45, 2.75) is 26.8 Å². The van der Waals surface area contributed by atoms with E-state index < -0.39 is 0 Å². The van der Waals surface area contributed by atoms with E-state index in [0.717, 1.165) is 5.52 Å². The largest absolute Gasteiger partial charge is 0.353 e. The van der Waals surface area contributed by atoms with Gasteiger partial charge in [0.1, 0.15) is 0 Å². The van der Waals surface area contributed by atoms with E-state index in [-0.39, 0.29) is 11.6 Å². The van der Waals surface area contributed by atoms with Gasteiger partial charge in [-0.25, -0.2) is 4.98 Å². The molecular weight excluding hydrogens is 214 g/mol. The molecule has 2 rings (SSSR count). The van der Waals surface area contributed by atoms with Gasteiger partial charge < -0.3 is 5.32 Å². The van der Waals surface area contributed by atoms with Crippen molar-refractivity contribution in [3.8, 4) is 0 Å². The van der Waals surface area contributed by atoms with Gasteiger partial charge in [0.25, 0.3) is 5.56 Å². The summed E-state index contributed by atoms with van der Waals surface area (Å²) in [4.78, 5) is 19.0. The van der Waals surface area contributed by atoms with Crippen molar-refractivity contribution in [3.05, 3.63) is 34.6 Å². The molecule has 0 saturated carbocycles. The lowest BCUT2D eigenvalue weighted by Crippen LogP contribution is -2.24. The summed E-state index contributed by atoms with van der Waals surface area (Å²) in [6.07, 6.45) is 0. The topological polar surface area (TPSA) is 57.8 Å². The summed E-state index contributed by atoms with van der Waals surface area (Å²) in [6, 6.07) is 7.60. The van der Waals surface area contributed by atoms with Gasteiger partial charge in [-0.3, -0.25) is 9.78 Å². The summed E-state index contributed by atoms with van der Waals surface area (Å²) < 4.78 is 0. The Bertz CT molecular complexity index is 574. The van der Waals surface area contributed by atoms with Crippen LogP contribution < -0.4 is 10.9 Å². The second-order valence-corrected chi connectivity index (χ2v) is 4.61. The molecule has 4 heteroatoms. The molecule has 4 nitrogen and oxygen atoms in total. The Morgan fingerprint density at radius 2 is 1.94 bits per heavy atom. The van der Waals surface area contributed by atoms with Crippen LogP contribution in [0.4, 0.5) is 5.95 Å². The third-order valence-electron chi connectivity index (χ3n) is 2.98. The number of rotatable bonds is 3. The molecule has 0 saturated heterocycles.